The molecule has 1 aromatic heterocycles. The lowest BCUT2D eigenvalue weighted by Gasteiger charge is -2.14. The molecule has 0 aliphatic heterocycles. The van der Waals surface area contributed by atoms with E-state index in [1.54, 1.807) is 12.1 Å². The van der Waals surface area contributed by atoms with Crippen molar-refractivity contribution in [1.29, 1.82) is 0 Å². The van der Waals surface area contributed by atoms with E-state index in [4.69, 9.17) is 4.74 Å². The van der Waals surface area contributed by atoms with Gasteiger partial charge in [0, 0.05) is 0 Å². The zero-order valence-electron chi connectivity index (χ0n) is 8.70. The van der Waals surface area contributed by atoms with Crippen LogP contribution < -0.4 is 4.74 Å². The van der Waals surface area contributed by atoms with E-state index in [-0.39, 0.29) is 11.9 Å². The fraction of sp³-hybridized carbons (Fsp3) is 0.545. The van der Waals surface area contributed by atoms with Crippen molar-refractivity contribution >= 4 is 5.82 Å². The summed E-state index contributed by atoms with van der Waals surface area (Å²) in [5.74, 6) is 1.74. The first kappa shape index (κ1) is 9.57. The van der Waals surface area contributed by atoms with Crippen LogP contribution >= 0.6 is 0 Å². The summed E-state index contributed by atoms with van der Waals surface area (Å²) < 4.78 is 5.66. The summed E-state index contributed by atoms with van der Waals surface area (Å²) in [6, 6.07) is 3.28. The van der Waals surface area contributed by atoms with Crippen LogP contribution in [0.2, 0.25) is 0 Å². The van der Waals surface area contributed by atoms with Gasteiger partial charge in [-0.25, -0.2) is 0 Å². The zero-order chi connectivity index (χ0) is 11.1. The minimum Gasteiger partial charge on any atom is -0.482 e. The number of aromatic nitrogens is 1. The van der Waals surface area contributed by atoms with E-state index in [0.29, 0.717) is 5.75 Å². The van der Waals surface area contributed by atoms with Gasteiger partial charge in [-0.15, -0.1) is 0 Å². The Bertz CT molecular complexity index is 425. The number of rotatable bonds is 3. The maximum Gasteiger partial charge on any atom is 0.406 e. The maximum atomic E-state index is 10.7. The van der Waals surface area contributed by atoms with Crippen LogP contribution in [0.25, 0.3) is 0 Å². The lowest BCUT2D eigenvalue weighted by Crippen LogP contribution is -2.14. The van der Waals surface area contributed by atoms with E-state index >= 15 is 0 Å². The van der Waals surface area contributed by atoms with Gasteiger partial charge in [0.15, 0.2) is 0 Å². The SMILES string of the molecule is O=[N+]([O-])c1ncccc1O[C@@H]1C[C@@H]2C[C@@H]2C1. The molecule has 2 saturated carbocycles. The van der Waals surface area contributed by atoms with Crippen molar-refractivity contribution in [1.82, 2.24) is 4.98 Å². The minimum atomic E-state index is -0.495. The predicted molar refractivity (Wildman–Crippen MR) is 56.1 cm³/mol. The van der Waals surface area contributed by atoms with Crippen LogP contribution in [0.1, 0.15) is 19.3 Å². The van der Waals surface area contributed by atoms with E-state index in [1.807, 2.05) is 0 Å². The molecule has 1 heterocycles. The summed E-state index contributed by atoms with van der Waals surface area (Å²) in [7, 11) is 0. The largest absolute Gasteiger partial charge is 0.482 e. The molecule has 0 bridgehead atoms. The fourth-order valence-corrected chi connectivity index (χ4v) is 2.55. The average Bonchev–Trinajstić information content (AvgIpc) is 2.87. The van der Waals surface area contributed by atoms with Crippen LogP contribution in [-0.2, 0) is 0 Å². The van der Waals surface area contributed by atoms with Gasteiger partial charge in [0.2, 0.25) is 5.75 Å². The minimum absolute atomic E-state index is 0.145. The van der Waals surface area contributed by atoms with Crippen LogP contribution in [-0.4, -0.2) is 16.0 Å². The van der Waals surface area contributed by atoms with Crippen LogP contribution in [0.5, 0.6) is 5.75 Å². The molecule has 5 nitrogen and oxygen atoms in total. The summed E-state index contributed by atoms with van der Waals surface area (Å²) in [6.07, 6.45) is 4.95. The van der Waals surface area contributed by atoms with Gasteiger partial charge in [-0.05, 0) is 53.1 Å². The molecule has 5 heteroatoms. The molecule has 3 rings (SSSR count). The molecule has 2 aliphatic rings. The highest BCUT2D eigenvalue weighted by atomic mass is 16.6. The van der Waals surface area contributed by atoms with Gasteiger partial charge < -0.3 is 14.9 Å². The second-order valence-corrected chi connectivity index (χ2v) is 4.55. The molecule has 3 atom stereocenters. The second kappa shape index (κ2) is 3.43. The molecule has 1 aromatic rings. The molecule has 0 N–H and O–H groups in total. The zero-order valence-corrected chi connectivity index (χ0v) is 8.70. The van der Waals surface area contributed by atoms with Crippen molar-refractivity contribution in [2.24, 2.45) is 11.8 Å². The summed E-state index contributed by atoms with van der Waals surface area (Å²) in [5.41, 5.74) is 0. The molecule has 2 aliphatic carbocycles. The Morgan fingerprint density at radius 2 is 2.12 bits per heavy atom. The number of nitrogens with zero attached hydrogens (tertiary/aromatic N) is 2. The van der Waals surface area contributed by atoms with E-state index in [2.05, 4.69) is 4.98 Å². The average molecular weight is 220 g/mol. The van der Waals surface area contributed by atoms with E-state index in [0.717, 1.165) is 24.7 Å². The van der Waals surface area contributed by atoms with Crippen molar-refractivity contribution in [2.45, 2.75) is 25.4 Å². The van der Waals surface area contributed by atoms with Crippen molar-refractivity contribution < 1.29 is 9.66 Å². The monoisotopic (exact) mass is 220 g/mol. The third kappa shape index (κ3) is 1.62. The van der Waals surface area contributed by atoms with Crippen molar-refractivity contribution in [3.63, 3.8) is 0 Å². The molecule has 16 heavy (non-hydrogen) atoms. The summed E-state index contributed by atoms with van der Waals surface area (Å²) in [6.45, 7) is 0. The van der Waals surface area contributed by atoms with E-state index < -0.39 is 4.92 Å². The molecule has 2 fully saturated rings. The first-order valence-corrected chi connectivity index (χ1v) is 5.50. The molecule has 0 unspecified atom stereocenters. The number of nitro groups is 1. The van der Waals surface area contributed by atoms with Crippen LogP contribution in [0.4, 0.5) is 5.82 Å². The number of pyridine rings is 1. The maximum absolute atomic E-state index is 10.7. The molecular formula is C11H12N2O3. The van der Waals surface area contributed by atoms with Gasteiger partial charge >= 0.3 is 5.82 Å². The highest BCUT2D eigenvalue weighted by Gasteiger charge is 2.47. The third-order valence-electron chi connectivity index (χ3n) is 3.42. The van der Waals surface area contributed by atoms with Crippen LogP contribution in [0, 0.1) is 22.0 Å². The Morgan fingerprint density at radius 1 is 1.38 bits per heavy atom. The van der Waals surface area contributed by atoms with Crippen molar-refractivity contribution in [3.05, 3.63) is 28.4 Å². The van der Waals surface area contributed by atoms with Gasteiger partial charge in [-0.3, -0.25) is 0 Å². The predicted octanol–water partition coefficient (Wildman–Crippen LogP) is 2.17. The van der Waals surface area contributed by atoms with E-state index in [1.165, 1.54) is 12.6 Å². The number of ether oxygens (including phenoxy) is 1. The molecule has 0 aromatic carbocycles. The van der Waals surface area contributed by atoms with Gasteiger partial charge in [0.05, 0.1) is 6.10 Å². The molecular weight excluding hydrogens is 208 g/mol. The summed E-state index contributed by atoms with van der Waals surface area (Å²) in [4.78, 5) is 14.0. The van der Waals surface area contributed by atoms with E-state index in [9.17, 15) is 10.1 Å². The highest BCUT2D eigenvalue weighted by Crippen LogP contribution is 2.52. The molecule has 0 saturated heterocycles. The smallest absolute Gasteiger partial charge is 0.406 e. The highest BCUT2D eigenvalue weighted by molar-refractivity contribution is 5.38. The van der Waals surface area contributed by atoms with Gasteiger partial charge in [0.1, 0.15) is 6.20 Å². The first-order valence-electron chi connectivity index (χ1n) is 5.50. The first-order chi connectivity index (χ1) is 7.74. The Labute approximate surface area is 92.6 Å². The molecule has 0 spiro atoms. The molecule has 0 radical (unpaired) electrons. The summed E-state index contributed by atoms with van der Waals surface area (Å²) in [5, 5.41) is 10.7. The number of hydrogen-bond acceptors (Lipinski definition) is 4. The Hall–Kier alpha value is -1.65. The third-order valence-corrected chi connectivity index (χ3v) is 3.42. The fourth-order valence-electron chi connectivity index (χ4n) is 2.55. The normalized spacial score (nSPS) is 30.9. The molecule has 84 valence electrons. The number of hydrogen-bond donors (Lipinski definition) is 0. The van der Waals surface area contributed by atoms with Crippen molar-refractivity contribution in [2.75, 3.05) is 0 Å². The number of fused-ring (bicyclic) bond motifs is 1. The standard InChI is InChI=1S/C11H12N2O3/c14-13(15)11-10(2-1-3-12-11)16-9-5-7-4-8(7)6-9/h1-3,7-9H,4-6H2/t7-,8+,9+. The van der Waals surface area contributed by atoms with Gasteiger partial charge in [-0.1, -0.05) is 0 Å². The second-order valence-electron chi connectivity index (χ2n) is 4.55. The lowest BCUT2D eigenvalue weighted by atomic mass is 10.2. The Balaban J connectivity index is 1.75. The van der Waals surface area contributed by atoms with Gasteiger partial charge in [-0.2, -0.15) is 0 Å². The molecule has 0 amide bonds. The topological polar surface area (TPSA) is 65.3 Å². The van der Waals surface area contributed by atoms with Gasteiger partial charge in [0.25, 0.3) is 0 Å². The van der Waals surface area contributed by atoms with Crippen LogP contribution in [0.3, 0.4) is 0 Å². The quantitative estimate of drug-likeness (QED) is 0.578. The Kier molecular flexibility index (Phi) is 2.05. The lowest BCUT2D eigenvalue weighted by molar-refractivity contribution is -0.390. The van der Waals surface area contributed by atoms with Crippen molar-refractivity contribution in [3.8, 4) is 5.75 Å². The Morgan fingerprint density at radius 3 is 2.81 bits per heavy atom. The summed E-state index contributed by atoms with van der Waals surface area (Å²) >= 11 is 0. The van der Waals surface area contributed by atoms with Crippen LogP contribution in [0.15, 0.2) is 18.3 Å².